The molecule has 3 heteroatoms. The van der Waals surface area contributed by atoms with Crippen molar-refractivity contribution in [1.82, 2.24) is 0 Å². The molecule has 0 spiro atoms. The molecule has 2 aromatic rings. The van der Waals surface area contributed by atoms with E-state index in [0.29, 0.717) is 16.5 Å². The first-order chi connectivity index (χ1) is 8.70. The average Bonchev–Trinajstić information content (AvgIpc) is 2.38. The molecule has 18 heavy (non-hydrogen) atoms. The Labute approximate surface area is 112 Å². The third kappa shape index (κ3) is 2.96. The van der Waals surface area contributed by atoms with Crippen molar-refractivity contribution >= 4 is 17.3 Å². The monoisotopic (exact) mass is 261 g/mol. The number of rotatable bonds is 4. The molecular formula is C15H16ClNO. The van der Waals surface area contributed by atoms with Gasteiger partial charge in [0.15, 0.2) is 5.75 Å². The van der Waals surface area contributed by atoms with Crippen molar-refractivity contribution in [2.24, 2.45) is 0 Å². The molecule has 0 amide bonds. The van der Waals surface area contributed by atoms with Gasteiger partial charge in [-0.1, -0.05) is 43.1 Å². The number of hydrogen-bond acceptors (Lipinski definition) is 2. The van der Waals surface area contributed by atoms with E-state index in [1.54, 1.807) is 12.1 Å². The molecule has 0 aliphatic heterocycles. The van der Waals surface area contributed by atoms with Crippen LogP contribution in [0, 0.1) is 0 Å². The summed E-state index contributed by atoms with van der Waals surface area (Å²) in [6.45, 7) is 2.16. The molecular weight excluding hydrogens is 246 g/mol. The number of nitrogen functional groups attached to an aromatic ring is 1. The summed E-state index contributed by atoms with van der Waals surface area (Å²) < 4.78 is 5.71. The van der Waals surface area contributed by atoms with Crippen molar-refractivity contribution in [2.45, 2.75) is 19.8 Å². The minimum Gasteiger partial charge on any atom is -0.455 e. The van der Waals surface area contributed by atoms with Crippen molar-refractivity contribution in [3.63, 3.8) is 0 Å². The molecule has 0 fully saturated rings. The lowest BCUT2D eigenvalue weighted by atomic mass is 10.1. The summed E-state index contributed by atoms with van der Waals surface area (Å²) in [6, 6.07) is 13.4. The van der Waals surface area contributed by atoms with E-state index >= 15 is 0 Å². The minimum absolute atomic E-state index is 0.469. The number of aryl methyl sites for hydroxylation is 1. The highest BCUT2D eigenvalue weighted by molar-refractivity contribution is 6.33. The fraction of sp³-hybridized carbons (Fsp3) is 0.200. The van der Waals surface area contributed by atoms with Crippen molar-refractivity contribution in [3.8, 4) is 11.5 Å². The lowest BCUT2D eigenvalue weighted by molar-refractivity contribution is 0.485. The second-order valence-corrected chi connectivity index (χ2v) is 4.55. The molecule has 94 valence electrons. The summed E-state index contributed by atoms with van der Waals surface area (Å²) in [5, 5.41) is 0.509. The molecule has 0 aliphatic carbocycles. The lowest BCUT2D eigenvalue weighted by Crippen LogP contribution is -1.93. The maximum Gasteiger partial charge on any atom is 0.151 e. The van der Waals surface area contributed by atoms with Crippen LogP contribution < -0.4 is 10.5 Å². The highest BCUT2D eigenvalue weighted by Crippen LogP contribution is 2.32. The SMILES string of the molecule is CCCc1ccc(Oc2cccc(Cl)c2N)cc1. The van der Waals surface area contributed by atoms with E-state index in [-0.39, 0.29) is 0 Å². The van der Waals surface area contributed by atoms with Gasteiger partial charge in [0, 0.05) is 0 Å². The predicted molar refractivity (Wildman–Crippen MR) is 76.4 cm³/mol. The number of benzene rings is 2. The molecule has 2 N–H and O–H groups in total. The third-order valence-electron chi connectivity index (χ3n) is 2.70. The molecule has 0 aliphatic rings. The largest absolute Gasteiger partial charge is 0.455 e. The van der Waals surface area contributed by atoms with Gasteiger partial charge in [-0.15, -0.1) is 0 Å². The number of hydrogen-bond donors (Lipinski definition) is 1. The van der Waals surface area contributed by atoms with E-state index < -0.39 is 0 Å². The second-order valence-electron chi connectivity index (χ2n) is 4.15. The Bertz CT molecular complexity index is 523. The van der Waals surface area contributed by atoms with Crippen LogP contribution >= 0.6 is 11.6 Å². The van der Waals surface area contributed by atoms with E-state index in [1.165, 1.54) is 5.56 Å². The van der Waals surface area contributed by atoms with Gasteiger partial charge in [0.2, 0.25) is 0 Å². The number of halogens is 1. The van der Waals surface area contributed by atoms with Crippen LogP contribution in [-0.4, -0.2) is 0 Å². The molecule has 0 aromatic heterocycles. The van der Waals surface area contributed by atoms with Crippen LogP contribution in [0.25, 0.3) is 0 Å². The fourth-order valence-corrected chi connectivity index (χ4v) is 1.91. The van der Waals surface area contributed by atoms with E-state index in [4.69, 9.17) is 22.1 Å². The van der Waals surface area contributed by atoms with Crippen molar-refractivity contribution in [2.75, 3.05) is 5.73 Å². The van der Waals surface area contributed by atoms with Crippen LogP contribution in [-0.2, 0) is 6.42 Å². The molecule has 2 nitrogen and oxygen atoms in total. The van der Waals surface area contributed by atoms with Crippen molar-refractivity contribution in [1.29, 1.82) is 0 Å². The molecule has 2 aromatic carbocycles. The van der Waals surface area contributed by atoms with Gasteiger partial charge in [0.25, 0.3) is 0 Å². The Hall–Kier alpha value is -1.67. The average molecular weight is 262 g/mol. The van der Waals surface area contributed by atoms with E-state index in [2.05, 4.69) is 19.1 Å². The smallest absolute Gasteiger partial charge is 0.151 e. The topological polar surface area (TPSA) is 35.2 Å². The number of ether oxygens (including phenoxy) is 1. The van der Waals surface area contributed by atoms with Crippen LogP contribution in [0.5, 0.6) is 11.5 Å². The number of nitrogens with two attached hydrogens (primary N) is 1. The Morgan fingerprint density at radius 1 is 1.11 bits per heavy atom. The zero-order valence-electron chi connectivity index (χ0n) is 10.3. The Morgan fingerprint density at radius 2 is 1.83 bits per heavy atom. The molecule has 0 unspecified atom stereocenters. The van der Waals surface area contributed by atoms with Gasteiger partial charge in [0.05, 0.1) is 10.7 Å². The van der Waals surface area contributed by atoms with E-state index in [0.717, 1.165) is 18.6 Å². The maximum atomic E-state index is 5.94. The molecule has 0 atom stereocenters. The fourth-order valence-electron chi connectivity index (χ4n) is 1.75. The summed E-state index contributed by atoms with van der Waals surface area (Å²) in [5.41, 5.74) is 7.63. The Morgan fingerprint density at radius 3 is 2.50 bits per heavy atom. The zero-order valence-corrected chi connectivity index (χ0v) is 11.1. The first-order valence-corrected chi connectivity index (χ1v) is 6.39. The van der Waals surface area contributed by atoms with Crippen molar-refractivity contribution < 1.29 is 4.74 Å². The summed E-state index contributed by atoms with van der Waals surface area (Å²) in [5.74, 6) is 1.36. The first-order valence-electron chi connectivity index (χ1n) is 6.01. The van der Waals surface area contributed by atoms with Crippen molar-refractivity contribution in [3.05, 3.63) is 53.1 Å². The number of anilines is 1. The number of para-hydroxylation sites is 1. The summed E-state index contributed by atoms with van der Waals surface area (Å²) in [4.78, 5) is 0. The molecule has 2 rings (SSSR count). The van der Waals surface area contributed by atoms with E-state index in [9.17, 15) is 0 Å². The molecule has 0 saturated carbocycles. The Kier molecular flexibility index (Phi) is 4.11. The van der Waals surface area contributed by atoms with Gasteiger partial charge >= 0.3 is 0 Å². The van der Waals surface area contributed by atoms with Gasteiger partial charge in [-0.25, -0.2) is 0 Å². The second kappa shape index (κ2) is 5.78. The van der Waals surface area contributed by atoms with Crippen LogP contribution in [0.3, 0.4) is 0 Å². The standard InChI is InChI=1S/C15H16ClNO/c1-2-4-11-7-9-12(10-8-11)18-14-6-3-5-13(16)15(14)17/h3,5-10H,2,4,17H2,1H3. The van der Waals surface area contributed by atoms with Gasteiger partial charge in [0.1, 0.15) is 5.75 Å². The minimum atomic E-state index is 0.469. The van der Waals surface area contributed by atoms with Crippen LogP contribution in [0.2, 0.25) is 5.02 Å². The summed E-state index contributed by atoms with van der Waals surface area (Å²) in [6.07, 6.45) is 2.22. The normalized spacial score (nSPS) is 10.3. The van der Waals surface area contributed by atoms with Crippen LogP contribution in [0.4, 0.5) is 5.69 Å². The van der Waals surface area contributed by atoms with Crippen LogP contribution in [0.1, 0.15) is 18.9 Å². The summed E-state index contributed by atoms with van der Waals surface area (Å²) >= 11 is 5.94. The lowest BCUT2D eigenvalue weighted by Gasteiger charge is -2.09. The summed E-state index contributed by atoms with van der Waals surface area (Å²) in [7, 11) is 0. The van der Waals surface area contributed by atoms with Gasteiger partial charge in [-0.2, -0.15) is 0 Å². The molecule has 0 saturated heterocycles. The van der Waals surface area contributed by atoms with Gasteiger partial charge in [-0.3, -0.25) is 0 Å². The maximum absolute atomic E-state index is 5.94. The molecule has 0 radical (unpaired) electrons. The van der Waals surface area contributed by atoms with Crippen LogP contribution in [0.15, 0.2) is 42.5 Å². The Balaban J connectivity index is 2.16. The zero-order chi connectivity index (χ0) is 13.0. The quantitative estimate of drug-likeness (QED) is 0.812. The third-order valence-corrected chi connectivity index (χ3v) is 3.03. The van der Waals surface area contributed by atoms with Gasteiger partial charge < -0.3 is 10.5 Å². The highest BCUT2D eigenvalue weighted by Gasteiger charge is 2.05. The highest BCUT2D eigenvalue weighted by atomic mass is 35.5. The van der Waals surface area contributed by atoms with Gasteiger partial charge in [-0.05, 0) is 36.2 Å². The molecule has 0 bridgehead atoms. The molecule has 0 heterocycles. The van der Waals surface area contributed by atoms with E-state index in [1.807, 2.05) is 18.2 Å². The first kappa shape index (κ1) is 12.8. The predicted octanol–water partition coefficient (Wildman–Crippen LogP) is 4.67.